The fraction of sp³-hybridized carbons (Fsp3) is 0.545. The molecule has 0 radical (unpaired) electrons. The van der Waals surface area contributed by atoms with Crippen LogP contribution in [-0.2, 0) is 10.0 Å². The molecule has 17 heavy (non-hydrogen) atoms. The Kier molecular flexibility index (Phi) is 3.63. The zero-order chi connectivity index (χ0) is 12.3. The molecule has 1 aromatic heterocycles. The Labute approximate surface area is 100 Å². The highest BCUT2D eigenvalue weighted by atomic mass is 32.2. The van der Waals surface area contributed by atoms with Gasteiger partial charge in [-0.1, -0.05) is 12.8 Å². The van der Waals surface area contributed by atoms with Crippen molar-refractivity contribution in [3.63, 3.8) is 0 Å². The Morgan fingerprint density at radius 2 is 2.06 bits per heavy atom. The fourth-order valence-electron chi connectivity index (χ4n) is 2.13. The molecule has 0 bridgehead atoms. The van der Waals surface area contributed by atoms with Crippen molar-refractivity contribution in [2.45, 2.75) is 30.6 Å². The first-order valence-corrected chi connectivity index (χ1v) is 7.25. The van der Waals surface area contributed by atoms with E-state index in [1.165, 1.54) is 18.5 Å². The molecule has 0 atom stereocenters. The molecule has 2 rings (SSSR count). The zero-order valence-electron chi connectivity index (χ0n) is 9.48. The summed E-state index contributed by atoms with van der Waals surface area (Å²) in [5.74, 6) is 0.410. The van der Waals surface area contributed by atoms with Crippen LogP contribution < -0.4 is 10.2 Å². The predicted octanol–water partition coefficient (Wildman–Crippen LogP) is 0.843. The highest BCUT2D eigenvalue weighted by Gasteiger charge is 2.21. The van der Waals surface area contributed by atoms with E-state index >= 15 is 0 Å². The van der Waals surface area contributed by atoms with Crippen molar-refractivity contribution in [3.8, 4) is 0 Å². The van der Waals surface area contributed by atoms with Crippen LogP contribution in [0.3, 0.4) is 0 Å². The Morgan fingerprint density at radius 1 is 1.35 bits per heavy atom. The Bertz CT molecular complexity index is 530. The van der Waals surface area contributed by atoms with Crippen molar-refractivity contribution in [1.82, 2.24) is 9.71 Å². The van der Waals surface area contributed by atoms with Crippen LogP contribution in [0.2, 0.25) is 0 Å². The van der Waals surface area contributed by atoms with Crippen LogP contribution in [0, 0.1) is 5.92 Å². The van der Waals surface area contributed by atoms with E-state index in [9.17, 15) is 13.2 Å². The Balaban J connectivity index is 2.08. The van der Waals surface area contributed by atoms with Gasteiger partial charge in [0.2, 0.25) is 15.5 Å². The van der Waals surface area contributed by atoms with Gasteiger partial charge in [-0.15, -0.1) is 0 Å². The minimum Gasteiger partial charge on any atom is -0.366 e. The minimum absolute atomic E-state index is 0.210. The molecule has 94 valence electrons. The summed E-state index contributed by atoms with van der Waals surface area (Å²) in [6, 6.07) is 1.21. The maximum absolute atomic E-state index is 11.9. The molecule has 1 aliphatic carbocycles. The van der Waals surface area contributed by atoms with E-state index < -0.39 is 15.5 Å². The second-order valence-electron chi connectivity index (χ2n) is 4.38. The van der Waals surface area contributed by atoms with Gasteiger partial charge in [0.15, 0.2) is 0 Å². The van der Waals surface area contributed by atoms with Crippen molar-refractivity contribution in [1.29, 1.82) is 0 Å². The first kappa shape index (κ1) is 12.3. The van der Waals surface area contributed by atoms with E-state index in [4.69, 9.17) is 0 Å². The molecule has 0 unspecified atom stereocenters. The van der Waals surface area contributed by atoms with Crippen LogP contribution >= 0.6 is 0 Å². The molecule has 1 aromatic rings. The van der Waals surface area contributed by atoms with Gasteiger partial charge in [-0.05, 0) is 18.8 Å². The zero-order valence-corrected chi connectivity index (χ0v) is 10.3. The maximum Gasteiger partial charge on any atom is 0.245 e. The number of rotatable bonds is 4. The lowest BCUT2D eigenvalue weighted by atomic mass is 10.1. The van der Waals surface area contributed by atoms with Gasteiger partial charge in [0, 0.05) is 25.0 Å². The van der Waals surface area contributed by atoms with Crippen LogP contribution in [0.25, 0.3) is 0 Å². The largest absolute Gasteiger partial charge is 0.366 e. The lowest BCUT2D eigenvalue weighted by molar-refractivity contribution is 0.519. The minimum atomic E-state index is -3.67. The molecular formula is C11H16N2O3S. The molecular weight excluding hydrogens is 240 g/mol. The molecule has 6 heteroatoms. The monoisotopic (exact) mass is 256 g/mol. The average Bonchev–Trinajstić information content (AvgIpc) is 2.80. The number of pyridine rings is 1. The van der Waals surface area contributed by atoms with Gasteiger partial charge in [0.1, 0.15) is 4.90 Å². The number of hydrogen-bond donors (Lipinski definition) is 2. The molecule has 5 nitrogen and oxygen atoms in total. The van der Waals surface area contributed by atoms with Crippen LogP contribution in [0.4, 0.5) is 0 Å². The van der Waals surface area contributed by atoms with E-state index in [1.54, 1.807) is 0 Å². The molecule has 1 fully saturated rings. The molecule has 1 saturated carbocycles. The molecule has 0 amide bonds. The van der Waals surface area contributed by atoms with E-state index in [1.807, 2.05) is 0 Å². The van der Waals surface area contributed by atoms with Gasteiger partial charge in [0.25, 0.3) is 0 Å². The van der Waals surface area contributed by atoms with Gasteiger partial charge in [0.05, 0.1) is 0 Å². The van der Waals surface area contributed by atoms with Crippen molar-refractivity contribution in [3.05, 3.63) is 28.7 Å². The van der Waals surface area contributed by atoms with Crippen LogP contribution in [0.15, 0.2) is 28.2 Å². The number of nitrogens with one attached hydrogen (secondary N) is 2. The van der Waals surface area contributed by atoms with E-state index in [-0.39, 0.29) is 4.90 Å². The van der Waals surface area contributed by atoms with Crippen molar-refractivity contribution in [2.24, 2.45) is 5.92 Å². The van der Waals surface area contributed by atoms with Gasteiger partial charge in [-0.3, -0.25) is 4.79 Å². The quantitative estimate of drug-likeness (QED) is 0.838. The van der Waals surface area contributed by atoms with Crippen molar-refractivity contribution in [2.75, 3.05) is 6.54 Å². The second-order valence-corrected chi connectivity index (χ2v) is 6.11. The van der Waals surface area contributed by atoms with Gasteiger partial charge < -0.3 is 4.98 Å². The number of aromatic amines is 1. The highest BCUT2D eigenvalue weighted by Crippen LogP contribution is 2.24. The third-order valence-corrected chi connectivity index (χ3v) is 4.56. The van der Waals surface area contributed by atoms with E-state index in [0.717, 1.165) is 25.7 Å². The Morgan fingerprint density at radius 3 is 2.71 bits per heavy atom. The first-order valence-electron chi connectivity index (χ1n) is 5.76. The summed E-state index contributed by atoms with van der Waals surface area (Å²) in [6.45, 7) is 0.427. The molecule has 0 aliphatic heterocycles. The van der Waals surface area contributed by atoms with Crippen LogP contribution in [0.5, 0.6) is 0 Å². The summed E-state index contributed by atoms with van der Waals surface area (Å²) in [5.41, 5.74) is -0.484. The van der Waals surface area contributed by atoms with Gasteiger partial charge >= 0.3 is 0 Å². The molecule has 1 heterocycles. The summed E-state index contributed by atoms with van der Waals surface area (Å²) >= 11 is 0. The van der Waals surface area contributed by atoms with Gasteiger partial charge in [-0.2, -0.15) is 0 Å². The van der Waals surface area contributed by atoms with E-state index in [0.29, 0.717) is 12.5 Å². The molecule has 0 saturated heterocycles. The third-order valence-electron chi connectivity index (χ3n) is 3.11. The first-order chi connectivity index (χ1) is 8.09. The standard InChI is InChI=1S/C11H16N2O3S/c14-10-5-6-12-8-11(10)17(15,16)13-7-9-3-1-2-4-9/h5-6,8-9,13H,1-4,7H2,(H,12,14). The Hall–Kier alpha value is -1.14. The van der Waals surface area contributed by atoms with Crippen molar-refractivity contribution < 1.29 is 8.42 Å². The number of aromatic nitrogens is 1. The lowest BCUT2D eigenvalue weighted by Crippen LogP contribution is -2.31. The highest BCUT2D eigenvalue weighted by molar-refractivity contribution is 7.89. The number of sulfonamides is 1. The average molecular weight is 256 g/mol. The molecule has 0 spiro atoms. The normalized spacial score (nSPS) is 17.4. The number of H-pyrrole nitrogens is 1. The lowest BCUT2D eigenvalue weighted by Gasteiger charge is -2.10. The number of hydrogen-bond acceptors (Lipinski definition) is 3. The SMILES string of the molecule is O=c1cc[nH]cc1S(=O)(=O)NCC1CCCC1. The van der Waals surface area contributed by atoms with Crippen molar-refractivity contribution >= 4 is 10.0 Å². The third kappa shape index (κ3) is 2.95. The van der Waals surface area contributed by atoms with Gasteiger partial charge in [-0.25, -0.2) is 13.1 Å². The molecule has 2 N–H and O–H groups in total. The molecule has 1 aliphatic rings. The summed E-state index contributed by atoms with van der Waals surface area (Å²) in [6.07, 6.45) is 7.09. The van der Waals surface area contributed by atoms with Crippen LogP contribution in [-0.4, -0.2) is 19.9 Å². The topological polar surface area (TPSA) is 79.0 Å². The predicted molar refractivity (Wildman–Crippen MR) is 64.2 cm³/mol. The maximum atomic E-state index is 11.9. The smallest absolute Gasteiger partial charge is 0.245 e. The molecule has 0 aromatic carbocycles. The summed E-state index contributed by atoms with van der Waals surface area (Å²) < 4.78 is 26.3. The summed E-state index contributed by atoms with van der Waals surface area (Å²) in [5, 5.41) is 0. The summed E-state index contributed by atoms with van der Waals surface area (Å²) in [7, 11) is -3.67. The fourth-order valence-corrected chi connectivity index (χ4v) is 3.30. The van der Waals surface area contributed by atoms with E-state index in [2.05, 4.69) is 9.71 Å². The second kappa shape index (κ2) is 5.01. The summed E-state index contributed by atoms with van der Waals surface area (Å²) in [4.78, 5) is 13.8. The van der Waals surface area contributed by atoms with Crippen LogP contribution in [0.1, 0.15) is 25.7 Å².